The molecule has 25 heavy (non-hydrogen) atoms. The molecule has 2 aromatic carbocycles. The van der Waals surface area contributed by atoms with Crippen molar-refractivity contribution in [2.45, 2.75) is 12.8 Å². The van der Waals surface area contributed by atoms with Crippen molar-refractivity contribution in [3.63, 3.8) is 0 Å². The number of nitrogens with one attached hydrogen (secondary N) is 2. The minimum atomic E-state index is -0.558. The highest BCUT2D eigenvalue weighted by Gasteiger charge is 2.02. The summed E-state index contributed by atoms with van der Waals surface area (Å²) in [6.07, 6.45) is 1.35. The summed E-state index contributed by atoms with van der Waals surface area (Å²) in [5.74, 6) is 0.377. The van der Waals surface area contributed by atoms with Gasteiger partial charge in [0.1, 0.15) is 17.4 Å². The number of aliphatic imine (C=N–C) groups is 1. The van der Waals surface area contributed by atoms with Crippen molar-refractivity contribution >= 4 is 5.96 Å². The van der Waals surface area contributed by atoms with Crippen LogP contribution in [0.3, 0.4) is 0 Å². The Labute approximate surface area is 146 Å². The number of ether oxygens (including phenoxy) is 1. The smallest absolute Gasteiger partial charge is 0.190 e. The molecule has 0 saturated heterocycles. The first-order chi connectivity index (χ1) is 12.1. The highest BCUT2D eigenvalue weighted by molar-refractivity contribution is 5.79. The third kappa shape index (κ3) is 6.41. The molecule has 0 amide bonds. The van der Waals surface area contributed by atoms with E-state index < -0.39 is 11.6 Å². The standard InChI is InChI=1S/C19H23F2N3O/c1-22-19(23-9-7-14-3-5-18(25-2)6-4-14)24-10-8-15-11-16(20)13-17(21)12-15/h3-6,11-13H,7-10H2,1-2H3,(H2,22,23,24). The first-order valence-corrected chi connectivity index (χ1v) is 8.13. The van der Waals surface area contributed by atoms with Gasteiger partial charge >= 0.3 is 0 Å². The molecule has 0 unspecified atom stereocenters. The summed E-state index contributed by atoms with van der Waals surface area (Å²) in [7, 11) is 3.33. The molecule has 0 aliphatic carbocycles. The van der Waals surface area contributed by atoms with E-state index in [0.717, 1.165) is 24.8 Å². The molecule has 2 N–H and O–H groups in total. The van der Waals surface area contributed by atoms with Crippen molar-refractivity contribution in [1.82, 2.24) is 10.6 Å². The molecule has 0 aliphatic rings. The summed E-state index contributed by atoms with van der Waals surface area (Å²) in [5, 5.41) is 6.35. The zero-order valence-electron chi connectivity index (χ0n) is 14.5. The Hall–Kier alpha value is -2.63. The molecule has 0 atom stereocenters. The van der Waals surface area contributed by atoms with E-state index >= 15 is 0 Å². The maximum atomic E-state index is 13.2. The number of benzene rings is 2. The minimum absolute atomic E-state index is 0.508. The zero-order valence-corrected chi connectivity index (χ0v) is 14.5. The van der Waals surface area contributed by atoms with Gasteiger partial charge in [-0.25, -0.2) is 8.78 Å². The van der Waals surface area contributed by atoms with Crippen LogP contribution in [0.5, 0.6) is 5.75 Å². The van der Waals surface area contributed by atoms with Gasteiger partial charge in [-0.05, 0) is 48.2 Å². The molecule has 0 heterocycles. The van der Waals surface area contributed by atoms with E-state index in [1.54, 1.807) is 14.2 Å². The maximum absolute atomic E-state index is 13.2. The predicted octanol–water partition coefficient (Wildman–Crippen LogP) is 2.92. The number of rotatable bonds is 7. The van der Waals surface area contributed by atoms with Gasteiger partial charge < -0.3 is 15.4 Å². The summed E-state index contributed by atoms with van der Waals surface area (Å²) in [6.45, 7) is 1.26. The first kappa shape index (κ1) is 18.7. The van der Waals surface area contributed by atoms with Crippen LogP contribution in [0.15, 0.2) is 47.5 Å². The van der Waals surface area contributed by atoms with Crippen molar-refractivity contribution in [3.05, 3.63) is 65.2 Å². The Morgan fingerprint density at radius 3 is 2.00 bits per heavy atom. The number of hydrogen-bond donors (Lipinski definition) is 2. The van der Waals surface area contributed by atoms with Crippen LogP contribution in [0.1, 0.15) is 11.1 Å². The van der Waals surface area contributed by atoms with E-state index in [2.05, 4.69) is 15.6 Å². The van der Waals surface area contributed by atoms with E-state index in [1.807, 2.05) is 24.3 Å². The van der Waals surface area contributed by atoms with E-state index in [1.165, 1.54) is 17.7 Å². The number of nitrogens with zero attached hydrogens (tertiary/aromatic N) is 1. The van der Waals surface area contributed by atoms with Crippen LogP contribution in [0, 0.1) is 11.6 Å². The molecule has 0 saturated carbocycles. The zero-order chi connectivity index (χ0) is 18.1. The molecular formula is C19H23F2N3O. The number of guanidine groups is 1. The van der Waals surface area contributed by atoms with Crippen LogP contribution < -0.4 is 15.4 Å². The summed E-state index contributed by atoms with van der Waals surface area (Å²) < 4.78 is 31.4. The van der Waals surface area contributed by atoms with Gasteiger partial charge in [0, 0.05) is 26.2 Å². The van der Waals surface area contributed by atoms with Gasteiger partial charge in [0.25, 0.3) is 0 Å². The highest BCUT2D eigenvalue weighted by atomic mass is 19.1. The lowest BCUT2D eigenvalue weighted by Crippen LogP contribution is -2.39. The summed E-state index contributed by atoms with van der Waals surface area (Å²) >= 11 is 0. The lowest BCUT2D eigenvalue weighted by atomic mass is 10.1. The number of halogens is 2. The van der Waals surface area contributed by atoms with E-state index in [9.17, 15) is 8.78 Å². The van der Waals surface area contributed by atoms with Crippen LogP contribution in [-0.4, -0.2) is 33.2 Å². The Bertz CT molecular complexity index is 682. The van der Waals surface area contributed by atoms with Crippen LogP contribution in [0.2, 0.25) is 0 Å². The quantitative estimate of drug-likeness (QED) is 0.598. The van der Waals surface area contributed by atoms with Crippen molar-refractivity contribution < 1.29 is 13.5 Å². The topological polar surface area (TPSA) is 45.7 Å². The van der Waals surface area contributed by atoms with Crippen molar-refractivity contribution in [2.75, 3.05) is 27.2 Å². The largest absolute Gasteiger partial charge is 0.497 e. The Morgan fingerprint density at radius 2 is 1.48 bits per heavy atom. The maximum Gasteiger partial charge on any atom is 0.190 e. The average Bonchev–Trinajstić information content (AvgIpc) is 2.60. The summed E-state index contributed by atoms with van der Waals surface area (Å²) in [5.41, 5.74) is 1.80. The van der Waals surface area contributed by atoms with E-state index in [4.69, 9.17) is 4.74 Å². The molecule has 2 rings (SSSR count). The Morgan fingerprint density at radius 1 is 0.920 bits per heavy atom. The van der Waals surface area contributed by atoms with Crippen LogP contribution in [-0.2, 0) is 12.8 Å². The molecule has 0 bridgehead atoms. The highest BCUT2D eigenvalue weighted by Crippen LogP contribution is 2.11. The van der Waals surface area contributed by atoms with Gasteiger partial charge in [-0.3, -0.25) is 4.99 Å². The van der Waals surface area contributed by atoms with Crippen molar-refractivity contribution in [3.8, 4) is 5.75 Å². The molecule has 4 nitrogen and oxygen atoms in total. The second kappa shape index (κ2) is 9.61. The van der Waals surface area contributed by atoms with Crippen molar-refractivity contribution in [1.29, 1.82) is 0 Å². The van der Waals surface area contributed by atoms with Gasteiger partial charge in [0.05, 0.1) is 7.11 Å². The van der Waals surface area contributed by atoms with Crippen LogP contribution >= 0.6 is 0 Å². The lowest BCUT2D eigenvalue weighted by Gasteiger charge is -2.12. The molecule has 134 valence electrons. The Balaban J connectivity index is 1.72. The summed E-state index contributed by atoms with van der Waals surface area (Å²) in [6, 6.07) is 11.5. The molecule has 0 aromatic heterocycles. The van der Waals surface area contributed by atoms with Gasteiger partial charge in [-0.1, -0.05) is 12.1 Å². The Kier molecular flexibility index (Phi) is 7.19. The van der Waals surface area contributed by atoms with Gasteiger partial charge in [-0.15, -0.1) is 0 Å². The number of hydrogen-bond acceptors (Lipinski definition) is 2. The van der Waals surface area contributed by atoms with E-state index in [-0.39, 0.29) is 0 Å². The molecule has 0 aliphatic heterocycles. The predicted molar refractivity (Wildman–Crippen MR) is 96.1 cm³/mol. The number of methoxy groups -OCH3 is 1. The van der Waals surface area contributed by atoms with E-state index in [0.29, 0.717) is 24.5 Å². The molecule has 0 fully saturated rings. The minimum Gasteiger partial charge on any atom is -0.497 e. The normalized spacial score (nSPS) is 11.3. The molecule has 0 radical (unpaired) electrons. The lowest BCUT2D eigenvalue weighted by molar-refractivity contribution is 0.414. The molecule has 6 heteroatoms. The fraction of sp³-hybridized carbons (Fsp3) is 0.316. The SMILES string of the molecule is CN=C(NCCc1ccc(OC)cc1)NCCc1cc(F)cc(F)c1. The summed E-state index contributed by atoms with van der Waals surface area (Å²) in [4.78, 5) is 4.14. The first-order valence-electron chi connectivity index (χ1n) is 8.13. The fourth-order valence-corrected chi connectivity index (χ4v) is 2.42. The monoisotopic (exact) mass is 347 g/mol. The fourth-order valence-electron chi connectivity index (χ4n) is 2.42. The van der Waals surface area contributed by atoms with Gasteiger partial charge in [-0.2, -0.15) is 0 Å². The second-order valence-corrected chi connectivity index (χ2v) is 5.55. The van der Waals surface area contributed by atoms with Crippen molar-refractivity contribution in [2.24, 2.45) is 4.99 Å². The van der Waals surface area contributed by atoms with Crippen LogP contribution in [0.4, 0.5) is 8.78 Å². The molecule has 0 spiro atoms. The van der Waals surface area contributed by atoms with Gasteiger partial charge in [0.15, 0.2) is 5.96 Å². The third-order valence-electron chi connectivity index (χ3n) is 3.72. The molecular weight excluding hydrogens is 324 g/mol. The van der Waals surface area contributed by atoms with Gasteiger partial charge in [0.2, 0.25) is 0 Å². The van der Waals surface area contributed by atoms with Crippen LogP contribution in [0.25, 0.3) is 0 Å². The second-order valence-electron chi connectivity index (χ2n) is 5.55. The average molecular weight is 347 g/mol. The third-order valence-corrected chi connectivity index (χ3v) is 3.72. The molecule has 2 aromatic rings.